The van der Waals surface area contributed by atoms with E-state index in [4.69, 9.17) is 5.73 Å². The summed E-state index contributed by atoms with van der Waals surface area (Å²) < 4.78 is 91.5. The third-order valence-electron chi connectivity index (χ3n) is 5.78. The summed E-state index contributed by atoms with van der Waals surface area (Å²) in [5.74, 6) is -3.89. The molecule has 0 amide bonds. The molecule has 2 aliphatic rings. The molecule has 2 aromatic rings. The lowest BCUT2D eigenvalue weighted by Gasteiger charge is -2.42. The SMILES string of the molecule is CS(=O)(=O)C[C@@H](N)c1ccc(-c2nc(N3CC[C@@H]3C(F)(F)F)nc3c2CCC3(F)F)cc1. The van der Waals surface area contributed by atoms with Crippen molar-refractivity contribution < 1.29 is 30.4 Å². The zero-order valence-electron chi connectivity index (χ0n) is 17.0. The van der Waals surface area contributed by atoms with Gasteiger partial charge in [-0.3, -0.25) is 0 Å². The van der Waals surface area contributed by atoms with Crippen molar-refractivity contribution in [2.24, 2.45) is 5.73 Å². The molecule has 1 aromatic heterocycles. The zero-order chi connectivity index (χ0) is 23.5. The van der Waals surface area contributed by atoms with E-state index < -0.39 is 46.1 Å². The predicted octanol–water partition coefficient (Wildman–Crippen LogP) is 3.37. The van der Waals surface area contributed by atoms with E-state index in [1.807, 2.05) is 0 Å². The van der Waals surface area contributed by atoms with E-state index in [2.05, 4.69) is 9.97 Å². The highest BCUT2D eigenvalue weighted by molar-refractivity contribution is 7.90. The maximum atomic E-state index is 14.5. The summed E-state index contributed by atoms with van der Waals surface area (Å²) in [5, 5.41) is 0. The Morgan fingerprint density at radius 3 is 2.41 bits per heavy atom. The molecule has 2 N–H and O–H groups in total. The molecule has 12 heteroatoms. The second-order valence-electron chi connectivity index (χ2n) is 8.26. The van der Waals surface area contributed by atoms with Crippen molar-refractivity contribution in [1.29, 1.82) is 0 Å². The Morgan fingerprint density at radius 2 is 1.88 bits per heavy atom. The van der Waals surface area contributed by atoms with Crippen LogP contribution in [0.4, 0.5) is 27.9 Å². The smallest absolute Gasteiger partial charge is 0.329 e. The fourth-order valence-electron chi connectivity index (χ4n) is 4.06. The standard InChI is InChI=1S/C20H21F5N4O2S/c1-32(30,31)10-14(26)11-2-4-12(5-3-11)16-13-6-8-19(21,22)17(13)28-18(27-16)29-9-7-15(29)20(23,24)25/h2-5,14-15H,6-10,26H2,1H3/t14-,15-/m1/s1. The number of hydrogen-bond acceptors (Lipinski definition) is 6. The van der Waals surface area contributed by atoms with Crippen molar-refractivity contribution in [1.82, 2.24) is 9.97 Å². The van der Waals surface area contributed by atoms with Crippen LogP contribution in [-0.4, -0.2) is 49.2 Å². The van der Waals surface area contributed by atoms with Crippen LogP contribution in [0, 0.1) is 0 Å². The Balaban J connectivity index is 1.74. The molecule has 6 nitrogen and oxygen atoms in total. The molecule has 0 bridgehead atoms. The number of alkyl halides is 5. The van der Waals surface area contributed by atoms with E-state index in [0.29, 0.717) is 11.1 Å². The molecule has 0 radical (unpaired) electrons. The molecule has 0 saturated carbocycles. The number of fused-ring (bicyclic) bond motifs is 1. The van der Waals surface area contributed by atoms with Gasteiger partial charge >= 0.3 is 6.18 Å². The van der Waals surface area contributed by atoms with Crippen molar-refractivity contribution >= 4 is 15.8 Å². The number of hydrogen-bond donors (Lipinski definition) is 1. The van der Waals surface area contributed by atoms with Gasteiger partial charge in [-0.15, -0.1) is 0 Å². The maximum Gasteiger partial charge on any atom is 0.408 e. The average Bonchev–Trinajstić information content (AvgIpc) is 2.93. The van der Waals surface area contributed by atoms with Gasteiger partial charge in [0.2, 0.25) is 5.95 Å². The Kier molecular flexibility index (Phi) is 5.44. The van der Waals surface area contributed by atoms with Gasteiger partial charge in [0.15, 0.2) is 0 Å². The molecule has 4 rings (SSSR count). The second-order valence-corrected chi connectivity index (χ2v) is 10.4. The number of aromatic nitrogens is 2. The second kappa shape index (κ2) is 7.62. The van der Waals surface area contributed by atoms with E-state index in [0.717, 1.165) is 11.2 Å². The lowest BCUT2D eigenvalue weighted by Crippen LogP contribution is -2.56. The minimum atomic E-state index is -4.51. The van der Waals surface area contributed by atoms with Gasteiger partial charge in [0.1, 0.15) is 21.6 Å². The van der Waals surface area contributed by atoms with Crippen LogP contribution in [0.5, 0.6) is 0 Å². The van der Waals surface area contributed by atoms with Crippen LogP contribution >= 0.6 is 0 Å². The molecule has 1 aromatic carbocycles. The number of sulfone groups is 1. The van der Waals surface area contributed by atoms with Crippen LogP contribution in [0.3, 0.4) is 0 Å². The zero-order valence-corrected chi connectivity index (χ0v) is 17.8. The van der Waals surface area contributed by atoms with Crippen LogP contribution < -0.4 is 10.6 Å². The molecule has 0 spiro atoms. The largest absolute Gasteiger partial charge is 0.408 e. The lowest BCUT2D eigenvalue weighted by molar-refractivity contribution is -0.160. The van der Waals surface area contributed by atoms with E-state index >= 15 is 0 Å². The summed E-state index contributed by atoms with van der Waals surface area (Å²) in [6, 6.07) is 3.65. The minimum Gasteiger partial charge on any atom is -0.329 e. The molecule has 1 aliphatic heterocycles. The number of rotatable bonds is 5. The monoisotopic (exact) mass is 476 g/mol. The highest BCUT2D eigenvalue weighted by atomic mass is 32.2. The third-order valence-corrected chi connectivity index (χ3v) is 6.74. The van der Waals surface area contributed by atoms with Crippen molar-refractivity contribution in [3.8, 4) is 11.3 Å². The van der Waals surface area contributed by atoms with Crippen LogP contribution in [0.25, 0.3) is 11.3 Å². The van der Waals surface area contributed by atoms with Crippen molar-refractivity contribution in [2.45, 2.75) is 43.4 Å². The molecule has 1 fully saturated rings. The number of halogens is 5. The van der Waals surface area contributed by atoms with Gasteiger partial charge in [0.05, 0.1) is 11.4 Å². The summed E-state index contributed by atoms with van der Waals surface area (Å²) in [6.45, 7) is 0.0211. The van der Waals surface area contributed by atoms with Crippen molar-refractivity contribution in [3.05, 3.63) is 41.1 Å². The molecule has 2 heterocycles. The number of nitrogens with zero attached hydrogens (tertiary/aromatic N) is 3. The van der Waals surface area contributed by atoms with Crippen molar-refractivity contribution in [2.75, 3.05) is 23.5 Å². The average molecular weight is 476 g/mol. The summed E-state index contributed by atoms with van der Waals surface area (Å²) in [6.07, 6.45) is -4.09. The van der Waals surface area contributed by atoms with E-state index in [1.165, 1.54) is 0 Å². The Hall–Kier alpha value is -2.34. The molecule has 0 unspecified atom stereocenters. The molecule has 2 atom stereocenters. The maximum absolute atomic E-state index is 14.5. The number of anilines is 1. The highest BCUT2D eigenvalue weighted by Gasteiger charge is 2.51. The molecule has 32 heavy (non-hydrogen) atoms. The van der Waals surface area contributed by atoms with Gasteiger partial charge in [0, 0.05) is 36.4 Å². The lowest BCUT2D eigenvalue weighted by atomic mass is 10.0. The highest BCUT2D eigenvalue weighted by Crippen LogP contribution is 2.45. The Labute approximate surface area is 181 Å². The summed E-state index contributed by atoms with van der Waals surface area (Å²) in [4.78, 5) is 8.99. The fraction of sp³-hybridized carbons (Fsp3) is 0.500. The summed E-state index contributed by atoms with van der Waals surface area (Å²) in [7, 11) is -3.31. The van der Waals surface area contributed by atoms with Crippen LogP contribution in [-0.2, 0) is 22.2 Å². The Bertz CT molecular complexity index is 1140. The summed E-state index contributed by atoms with van der Waals surface area (Å²) >= 11 is 0. The first-order chi connectivity index (χ1) is 14.8. The molecular formula is C20H21F5N4O2S. The van der Waals surface area contributed by atoms with E-state index in [1.54, 1.807) is 24.3 Å². The van der Waals surface area contributed by atoms with E-state index in [-0.39, 0.29) is 42.3 Å². The van der Waals surface area contributed by atoms with Gasteiger partial charge in [-0.1, -0.05) is 24.3 Å². The minimum absolute atomic E-state index is 0.00398. The Morgan fingerprint density at radius 1 is 1.22 bits per heavy atom. The normalized spacial score (nSPS) is 21.2. The van der Waals surface area contributed by atoms with Crippen LogP contribution in [0.15, 0.2) is 24.3 Å². The van der Waals surface area contributed by atoms with Crippen LogP contribution in [0.2, 0.25) is 0 Å². The first-order valence-corrected chi connectivity index (χ1v) is 12.0. The van der Waals surface area contributed by atoms with Gasteiger partial charge < -0.3 is 10.6 Å². The van der Waals surface area contributed by atoms with Crippen molar-refractivity contribution in [3.63, 3.8) is 0 Å². The predicted molar refractivity (Wildman–Crippen MR) is 108 cm³/mol. The quantitative estimate of drug-likeness (QED) is 0.666. The summed E-state index contributed by atoms with van der Waals surface area (Å²) in [5.41, 5.74) is 6.68. The third kappa shape index (κ3) is 4.29. The van der Waals surface area contributed by atoms with Gasteiger partial charge in [0.25, 0.3) is 5.92 Å². The van der Waals surface area contributed by atoms with Crippen LogP contribution in [0.1, 0.15) is 35.7 Å². The topological polar surface area (TPSA) is 89.2 Å². The fourth-order valence-corrected chi connectivity index (χ4v) is 4.90. The molecule has 174 valence electrons. The first kappa shape index (κ1) is 22.8. The molecule has 1 saturated heterocycles. The van der Waals surface area contributed by atoms with Gasteiger partial charge in [-0.2, -0.15) is 22.0 Å². The molecular weight excluding hydrogens is 455 g/mol. The van der Waals surface area contributed by atoms with Gasteiger partial charge in [-0.25, -0.2) is 18.4 Å². The number of benzene rings is 1. The van der Waals surface area contributed by atoms with E-state index in [9.17, 15) is 30.4 Å². The first-order valence-electron chi connectivity index (χ1n) is 9.92. The number of nitrogens with two attached hydrogens (primary N) is 1. The molecule has 1 aliphatic carbocycles. The van der Waals surface area contributed by atoms with Gasteiger partial charge in [-0.05, 0) is 18.4 Å².